The molecule has 142 valence electrons. The van der Waals surface area contributed by atoms with Crippen molar-refractivity contribution in [1.29, 1.82) is 0 Å². The number of benzene rings is 1. The Morgan fingerprint density at radius 1 is 1.30 bits per heavy atom. The molecule has 0 saturated carbocycles. The Bertz CT molecular complexity index is 790. The standard InChI is InChI=1S/C20H23ClN4O2/c21-18-12-16(6-7-19(26)24-27)13-22-20(18)23-17-8-10-25(11-9-17)14-15-4-2-1-3-5-15/h1-7,12-13,17,27H,8-11,14H2,(H,22,23)(H,24,26). The molecule has 0 radical (unpaired) electrons. The van der Waals surface area contributed by atoms with E-state index in [0.717, 1.165) is 32.5 Å². The van der Waals surface area contributed by atoms with E-state index in [1.54, 1.807) is 12.3 Å². The Hall–Kier alpha value is -2.41. The summed E-state index contributed by atoms with van der Waals surface area (Å²) in [6.45, 7) is 3.04. The first-order valence-corrected chi connectivity index (χ1v) is 9.32. The average molecular weight is 387 g/mol. The van der Waals surface area contributed by atoms with Crippen LogP contribution in [0.1, 0.15) is 24.0 Å². The number of rotatable bonds is 6. The number of likely N-dealkylation sites (tertiary alicyclic amines) is 1. The van der Waals surface area contributed by atoms with Crippen LogP contribution in [0, 0.1) is 0 Å². The molecule has 0 aliphatic carbocycles. The topological polar surface area (TPSA) is 77.5 Å². The van der Waals surface area contributed by atoms with Crippen LogP contribution < -0.4 is 10.8 Å². The van der Waals surface area contributed by atoms with Gasteiger partial charge in [-0.2, -0.15) is 0 Å². The number of piperidine rings is 1. The fraction of sp³-hybridized carbons (Fsp3) is 0.300. The Balaban J connectivity index is 1.51. The number of hydrogen-bond donors (Lipinski definition) is 3. The quantitative estimate of drug-likeness (QED) is 0.403. The van der Waals surface area contributed by atoms with E-state index >= 15 is 0 Å². The van der Waals surface area contributed by atoms with Crippen LogP contribution in [0.5, 0.6) is 0 Å². The summed E-state index contributed by atoms with van der Waals surface area (Å²) in [5.41, 5.74) is 3.57. The summed E-state index contributed by atoms with van der Waals surface area (Å²) in [5.74, 6) is 0.0533. The van der Waals surface area contributed by atoms with Gasteiger partial charge in [-0.3, -0.25) is 14.9 Å². The van der Waals surface area contributed by atoms with Gasteiger partial charge >= 0.3 is 0 Å². The maximum Gasteiger partial charge on any atom is 0.267 e. The number of nitrogens with one attached hydrogen (secondary N) is 2. The van der Waals surface area contributed by atoms with Crippen LogP contribution in [0.4, 0.5) is 5.82 Å². The first-order valence-electron chi connectivity index (χ1n) is 8.94. The summed E-state index contributed by atoms with van der Waals surface area (Å²) in [7, 11) is 0. The van der Waals surface area contributed by atoms with Crippen molar-refractivity contribution in [3.8, 4) is 0 Å². The van der Waals surface area contributed by atoms with Crippen molar-refractivity contribution in [2.75, 3.05) is 18.4 Å². The van der Waals surface area contributed by atoms with E-state index in [-0.39, 0.29) is 0 Å². The zero-order chi connectivity index (χ0) is 19.1. The molecule has 2 aromatic rings. The Morgan fingerprint density at radius 2 is 2.04 bits per heavy atom. The SMILES string of the molecule is O=C(C=Cc1cnc(NC2CCN(Cc3ccccc3)CC2)c(Cl)c1)NO. The number of aromatic nitrogens is 1. The first kappa shape index (κ1) is 19.4. The monoisotopic (exact) mass is 386 g/mol. The molecular weight excluding hydrogens is 364 g/mol. The van der Waals surface area contributed by atoms with Gasteiger partial charge in [0.1, 0.15) is 5.82 Å². The Labute approximate surface area is 163 Å². The average Bonchev–Trinajstić information content (AvgIpc) is 2.70. The molecule has 0 atom stereocenters. The molecular formula is C20H23ClN4O2. The van der Waals surface area contributed by atoms with Crippen molar-refractivity contribution in [3.63, 3.8) is 0 Å². The second kappa shape index (κ2) is 9.50. The molecule has 1 aliphatic heterocycles. The van der Waals surface area contributed by atoms with Crippen molar-refractivity contribution in [1.82, 2.24) is 15.4 Å². The molecule has 0 bridgehead atoms. The fourth-order valence-electron chi connectivity index (χ4n) is 3.13. The highest BCUT2D eigenvalue weighted by Crippen LogP contribution is 2.24. The lowest BCUT2D eigenvalue weighted by molar-refractivity contribution is -0.124. The highest BCUT2D eigenvalue weighted by atomic mass is 35.5. The van der Waals surface area contributed by atoms with Crippen molar-refractivity contribution in [2.24, 2.45) is 0 Å². The van der Waals surface area contributed by atoms with Crippen LogP contribution in [0.25, 0.3) is 6.08 Å². The number of hydroxylamine groups is 1. The molecule has 3 rings (SSSR count). The normalized spacial score (nSPS) is 15.8. The van der Waals surface area contributed by atoms with Gasteiger partial charge in [0.15, 0.2) is 0 Å². The molecule has 1 aliphatic rings. The second-order valence-corrected chi connectivity index (χ2v) is 7.00. The molecule has 1 saturated heterocycles. The summed E-state index contributed by atoms with van der Waals surface area (Å²) in [4.78, 5) is 17.8. The highest BCUT2D eigenvalue weighted by molar-refractivity contribution is 6.33. The van der Waals surface area contributed by atoms with Gasteiger partial charge in [-0.1, -0.05) is 41.9 Å². The van der Waals surface area contributed by atoms with Crippen LogP contribution in [0.2, 0.25) is 5.02 Å². The summed E-state index contributed by atoms with van der Waals surface area (Å²) in [6, 6.07) is 12.6. The van der Waals surface area contributed by atoms with Gasteiger partial charge < -0.3 is 5.32 Å². The van der Waals surface area contributed by atoms with E-state index in [0.29, 0.717) is 22.4 Å². The molecule has 3 N–H and O–H groups in total. The first-order chi connectivity index (χ1) is 13.1. The summed E-state index contributed by atoms with van der Waals surface area (Å²) in [5, 5.41) is 12.4. The number of halogens is 1. The number of nitrogens with zero attached hydrogens (tertiary/aromatic N) is 2. The van der Waals surface area contributed by atoms with Crippen molar-refractivity contribution in [3.05, 3.63) is 64.8 Å². The third kappa shape index (κ3) is 5.79. The van der Waals surface area contributed by atoms with Crippen LogP contribution in [0.3, 0.4) is 0 Å². The lowest BCUT2D eigenvalue weighted by atomic mass is 10.0. The van der Waals surface area contributed by atoms with Gasteiger partial charge in [-0.15, -0.1) is 0 Å². The zero-order valence-electron chi connectivity index (χ0n) is 14.9. The van der Waals surface area contributed by atoms with E-state index in [2.05, 4.69) is 39.5 Å². The number of pyridine rings is 1. The minimum atomic E-state index is -0.601. The lowest BCUT2D eigenvalue weighted by Crippen LogP contribution is -2.38. The minimum absolute atomic E-state index is 0.337. The smallest absolute Gasteiger partial charge is 0.267 e. The summed E-state index contributed by atoms with van der Waals surface area (Å²) in [6.07, 6.45) is 6.45. The number of amides is 1. The number of hydrogen-bond acceptors (Lipinski definition) is 5. The largest absolute Gasteiger partial charge is 0.366 e. The third-order valence-corrected chi connectivity index (χ3v) is 4.87. The van der Waals surface area contributed by atoms with E-state index in [1.165, 1.54) is 23.2 Å². The maximum atomic E-state index is 11.0. The molecule has 7 heteroatoms. The van der Waals surface area contributed by atoms with Crippen LogP contribution >= 0.6 is 11.6 Å². The fourth-order valence-corrected chi connectivity index (χ4v) is 3.36. The van der Waals surface area contributed by atoms with Gasteiger partial charge in [0.25, 0.3) is 5.91 Å². The molecule has 1 aromatic carbocycles. The second-order valence-electron chi connectivity index (χ2n) is 6.59. The van der Waals surface area contributed by atoms with Gasteiger partial charge in [0, 0.05) is 37.9 Å². The molecule has 6 nitrogen and oxygen atoms in total. The van der Waals surface area contributed by atoms with Crippen molar-refractivity contribution >= 4 is 29.4 Å². The lowest BCUT2D eigenvalue weighted by Gasteiger charge is -2.32. The van der Waals surface area contributed by atoms with Crippen LogP contribution in [-0.4, -0.2) is 40.1 Å². The maximum absolute atomic E-state index is 11.0. The van der Waals surface area contributed by atoms with Gasteiger partial charge in [-0.05, 0) is 36.1 Å². The van der Waals surface area contributed by atoms with Crippen molar-refractivity contribution in [2.45, 2.75) is 25.4 Å². The van der Waals surface area contributed by atoms with Gasteiger partial charge in [0.2, 0.25) is 0 Å². The molecule has 1 fully saturated rings. The van der Waals surface area contributed by atoms with E-state index in [4.69, 9.17) is 16.8 Å². The van der Waals surface area contributed by atoms with E-state index in [9.17, 15) is 4.79 Å². The van der Waals surface area contributed by atoms with Gasteiger partial charge in [-0.25, -0.2) is 10.5 Å². The molecule has 1 aromatic heterocycles. The van der Waals surface area contributed by atoms with E-state index in [1.807, 2.05) is 6.07 Å². The predicted octanol–water partition coefficient (Wildman–Crippen LogP) is 3.33. The van der Waals surface area contributed by atoms with Gasteiger partial charge in [0.05, 0.1) is 5.02 Å². The van der Waals surface area contributed by atoms with Crippen molar-refractivity contribution < 1.29 is 10.0 Å². The predicted molar refractivity (Wildman–Crippen MR) is 107 cm³/mol. The molecule has 0 unspecified atom stereocenters. The highest BCUT2D eigenvalue weighted by Gasteiger charge is 2.20. The molecule has 2 heterocycles. The Morgan fingerprint density at radius 3 is 2.70 bits per heavy atom. The Kier molecular flexibility index (Phi) is 6.81. The number of carbonyl (C=O) groups excluding carboxylic acids is 1. The minimum Gasteiger partial charge on any atom is -0.366 e. The third-order valence-electron chi connectivity index (χ3n) is 4.58. The van der Waals surface area contributed by atoms with Crippen LogP contribution in [0.15, 0.2) is 48.7 Å². The molecule has 1 amide bonds. The number of anilines is 1. The molecule has 0 spiro atoms. The summed E-state index contributed by atoms with van der Waals surface area (Å²) >= 11 is 6.31. The zero-order valence-corrected chi connectivity index (χ0v) is 15.7. The van der Waals surface area contributed by atoms with Crippen LogP contribution in [-0.2, 0) is 11.3 Å². The number of carbonyl (C=O) groups is 1. The molecule has 27 heavy (non-hydrogen) atoms. The summed E-state index contributed by atoms with van der Waals surface area (Å²) < 4.78 is 0. The van der Waals surface area contributed by atoms with E-state index < -0.39 is 5.91 Å².